The van der Waals surface area contributed by atoms with E-state index in [1.165, 1.54) is 32.1 Å². The van der Waals surface area contributed by atoms with Crippen molar-refractivity contribution >= 4 is 0 Å². The summed E-state index contributed by atoms with van der Waals surface area (Å²) in [5, 5.41) is 0. The van der Waals surface area contributed by atoms with E-state index in [0.29, 0.717) is 0 Å². The van der Waals surface area contributed by atoms with E-state index in [2.05, 4.69) is 37.3 Å². The Labute approximate surface area is 107 Å². The topological polar surface area (TPSA) is 0 Å². The maximum atomic E-state index is 2.38. The van der Waals surface area contributed by atoms with Crippen molar-refractivity contribution < 1.29 is 26.1 Å². The Morgan fingerprint density at radius 2 is 2.27 bits per heavy atom. The molecule has 0 bridgehead atoms. The average Bonchev–Trinajstić information content (AvgIpc) is 2.87. The van der Waals surface area contributed by atoms with Gasteiger partial charge in [-0.1, -0.05) is 0 Å². The fourth-order valence-corrected chi connectivity index (χ4v) is 5.40. The van der Waals surface area contributed by atoms with Crippen LogP contribution in [0.3, 0.4) is 0 Å². The Hall–Kier alpha value is -0.157. The number of rotatable bonds is 5. The van der Waals surface area contributed by atoms with Gasteiger partial charge in [0.2, 0.25) is 0 Å². The van der Waals surface area contributed by atoms with E-state index in [1.54, 1.807) is 8.85 Å². The summed E-state index contributed by atoms with van der Waals surface area (Å²) in [5.74, 6) is 0. The minimum atomic E-state index is -0.387. The molecule has 1 heteroatoms. The number of unbranched alkanes of at least 4 members (excludes halogenated alkanes) is 1. The molecule has 82 valence electrons. The van der Waals surface area contributed by atoms with Crippen molar-refractivity contribution in [1.82, 2.24) is 0 Å². The van der Waals surface area contributed by atoms with Crippen molar-refractivity contribution in [2.45, 2.75) is 39.0 Å². The number of allylic oxidation sites excluding steroid dienone is 8. The van der Waals surface area contributed by atoms with Crippen molar-refractivity contribution in [3.63, 3.8) is 0 Å². The Bertz CT molecular complexity index is 351. The van der Waals surface area contributed by atoms with Crippen LogP contribution in [-0.2, 0) is 23.2 Å². The maximum Gasteiger partial charge on any atom is -1.00 e. The molecule has 2 rings (SSSR count). The first-order chi connectivity index (χ1) is 7.40. The van der Waals surface area contributed by atoms with Crippen molar-refractivity contribution in [3.8, 4) is 0 Å². The predicted molar refractivity (Wildman–Crippen MR) is 64.4 cm³/mol. The molecule has 0 fully saturated rings. The van der Waals surface area contributed by atoms with Gasteiger partial charge in [-0.3, -0.25) is 0 Å². The molecule has 0 radical (unpaired) electrons. The van der Waals surface area contributed by atoms with E-state index in [-0.39, 0.29) is 26.1 Å². The van der Waals surface area contributed by atoms with Crippen LogP contribution < -0.4 is 0 Å². The Kier molecular flexibility index (Phi) is 4.38. The number of hydrogen-bond acceptors (Lipinski definition) is 0. The van der Waals surface area contributed by atoms with E-state index in [9.17, 15) is 0 Å². The summed E-state index contributed by atoms with van der Waals surface area (Å²) in [6.07, 6.45) is 18.1. The smallest absolute Gasteiger partial charge is 1.00 e. The second kappa shape index (κ2) is 5.80. The van der Waals surface area contributed by atoms with Crippen LogP contribution in [0, 0.1) is 0 Å². The van der Waals surface area contributed by atoms with Gasteiger partial charge in [0, 0.05) is 0 Å². The summed E-state index contributed by atoms with van der Waals surface area (Å²) in [5.41, 5.74) is 1.69. The molecule has 0 nitrogen and oxygen atoms in total. The third kappa shape index (κ3) is 3.15. The van der Waals surface area contributed by atoms with Crippen LogP contribution in [0.5, 0.6) is 0 Å². The molecular formula is C14H20Zr-2. The summed E-state index contributed by atoms with van der Waals surface area (Å²) in [6.45, 7) is 2.28. The molecule has 0 saturated heterocycles. The molecule has 0 spiro atoms. The van der Waals surface area contributed by atoms with Crippen molar-refractivity contribution in [3.05, 3.63) is 42.5 Å². The van der Waals surface area contributed by atoms with Crippen LogP contribution >= 0.6 is 0 Å². The van der Waals surface area contributed by atoms with Gasteiger partial charge in [-0.25, -0.2) is 0 Å². The van der Waals surface area contributed by atoms with Crippen LogP contribution in [0.25, 0.3) is 0 Å². The van der Waals surface area contributed by atoms with Crippen LogP contribution in [0.2, 0.25) is 0 Å². The minimum absolute atomic E-state index is 0. The second-order valence-electron chi connectivity index (χ2n) is 4.16. The molecule has 0 aromatic rings. The van der Waals surface area contributed by atoms with Gasteiger partial charge in [-0.2, -0.15) is 0 Å². The van der Waals surface area contributed by atoms with E-state index >= 15 is 0 Å². The molecule has 0 heterocycles. The summed E-state index contributed by atoms with van der Waals surface area (Å²) in [7, 11) is 0. The molecule has 15 heavy (non-hydrogen) atoms. The number of hydrogen-bond donors (Lipinski definition) is 0. The molecule has 0 aromatic carbocycles. The summed E-state index contributed by atoms with van der Waals surface area (Å²) >= 11 is -0.387. The normalized spacial score (nSPS) is 18.9. The quantitative estimate of drug-likeness (QED) is 0.693. The Balaban J connectivity index is 0.00000128. The van der Waals surface area contributed by atoms with Gasteiger partial charge in [0.1, 0.15) is 0 Å². The Morgan fingerprint density at radius 1 is 1.33 bits per heavy atom. The molecule has 0 unspecified atom stereocenters. The van der Waals surface area contributed by atoms with Gasteiger partial charge in [-0.15, -0.1) is 0 Å². The fraction of sp³-hybridized carbons (Fsp3) is 0.429. The molecule has 0 aliphatic heterocycles. The van der Waals surface area contributed by atoms with Crippen LogP contribution in [0.4, 0.5) is 0 Å². The third-order valence-electron chi connectivity index (χ3n) is 2.91. The van der Waals surface area contributed by atoms with Gasteiger partial charge in [0.15, 0.2) is 0 Å². The van der Waals surface area contributed by atoms with Crippen LogP contribution in [-0.4, -0.2) is 0 Å². The van der Waals surface area contributed by atoms with Crippen molar-refractivity contribution in [2.24, 2.45) is 0 Å². The van der Waals surface area contributed by atoms with Gasteiger partial charge in [0.05, 0.1) is 0 Å². The SMILES string of the molecule is CCCCC1=[C]([Zr][C]2=CC=CC2)CC=C1.[H-].[H-]. The zero-order valence-electron chi connectivity index (χ0n) is 11.4. The molecule has 0 N–H and O–H groups in total. The molecule has 0 aromatic heterocycles. The first-order valence-electron chi connectivity index (χ1n) is 5.91. The van der Waals surface area contributed by atoms with Crippen LogP contribution in [0.1, 0.15) is 41.9 Å². The van der Waals surface area contributed by atoms with E-state index in [0.717, 1.165) is 0 Å². The average molecular weight is 280 g/mol. The van der Waals surface area contributed by atoms with Gasteiger partial charge in [-0.05, 0) is 0 Å². The second-order valence-corrected chi connectivity index (χ2v) is 7.84. The van der Waals surface area contributed by atoms with Crippen molar-refractivity contribution in [2.75, 3.05) is 0 Å². The molecule has 0 atom stereocenters. The molecule has 0 saturated carbocycles. The molecular weight excluding hydrogens is 259 g/mol. The first kappa shape index (κ1) is 11.3. The molecule has 2 aliphatic rings. The standard InChI is InChI=1S/C9H13.C5H5.Zr.2H/c1-2-3-6-9-7-4-5-8-9;1-2-4-5-3-1;;;/h4,7H,2-3,5-6H2,1H3;1-3H,4H2;;;/q;;;2*-1. The minimum Gasteiger partial charge on any atom is -1.00 e. The van der Waals surface area contributed by atoms with Crippen molar-refractivity contribution in [1.29, 1.82) is 0 Å². The zero-order chi connectivity index (χ0) is 10.5. The largest absolute Gasteiger partial charge is 1.00 e. The monoisotopic (exact) mass is 278 g/mol. The third-order valence-corrected chi connectivity index (χ3v) is 6.64. The van der Waals surface area contributed by atoms with Crippen LogP contribution in [0.15, 0.2) is 42.5 Å². The van der Waals surface area contributed by atoms with E-state index < -0.39 is 0 Å². The molecule has 0 amide bonds. The zero-order valence-corrected chi connectivity index (χ0v) is 11.9. The predicted octanol–water partition coefficient (Wildman–Crippen LogP) is 4.54. The first-order valence-corrected chi connectivity index (χ1v) is 8.37. The van der Waals surface area contributed by atoms with Gasteiger partial charge < -0.3 is 2.85 Å². The summed E-state index contributed by atoms with van der Waals surface area (Å²) in [4.78, 5) is 0. The van der Waals surface area contributed by atoms with E-state index in [1.807, 2.05) is 3.28 Å². The maximum absolute atomic E-state index is 2.38. The summed E-state index contributed by atoms with van der Waals surface area (Å²) in [6, 6.07) is 0. The fourth-order valence-electron chi connectivity index (χ4n) is 2.02. The Morgan fingerprint density at radius 3 is 3.00 bits per heavy atom. The van der Waals surface area contributed by atoms with E-state index in [4.69, 9.17) is 0 Å². The van der Waals surface area contributed by atoms with Gasteiger partial charge in [0.25, 0.3) is 0 Å². The molecule has 2 aliphatic carbocycles. The van der Waals surface area contributed by atoms with Gasteiger partial charge >= 0.3 is 105 Å². The summed E-state index contributed by atoms with van der Waals surface area (Å²) < 4.78 is 3.59.